The first kappa shape index (κ1) is 23.2. The van der Waals surface area contributed by atoms with E-state index in [1.165, 1.54) is 0 Å². The summed E-state index contributed by atoms with van der Waals surface area (Å²) in [5, 5.41) is 6.33. The first-order valence-electron chi connectivity index (χ1n) is 11.0. The van der Waals surface area contributed by atoms with Crippen molar-refractivity contribution >= 4 is 44.3 Å². The summed E-state index contributed by atoms with van der Waals surface area (Å²) in [7, 11) is 0. The number of aryl methyl sites for hydroxylation is 1. The number of thiazole rings is 1. The number of rotatable bonds is 3. The molecule has 1 spiro atoms. The lowest BCUT2D eigenvalue weighted by molar-refractivity contribution is 0.0379. The second kappa shape index (κ2) is 9.13. The summed E-state index contributed by atoms with van der Waals surface area (Å²) in [5.41, 5.74) is 0.534. The molecule has 2 aromatic heterocycles. The molecule has 0 radical (unpaired) electrons. The lowest BCUT2D eigenvalue weighted by atomic mass is 9.68. The Morgan fingerprint density at radius 2 is 1.88 bits per heavy atom. The van der Waals surface area contributed by atoms with Gasteiger partial charge in [-0.25, -0.2) is 19.7 Å². The van der Waals surface area contributed by atoms with Crippen molar-refractivity contribution in [3.8, 4) is 0 Å². The highest BCUT2D eigenvalue weighted by Crippen LogP contribution is 2.43. The Hall–Kier alpha value is -1.94. The number of nitrogens with zero attached hydrogens (tertiary/aromatic N) is 5. The Labute approximate surface area is 201 Å². The molecule has 0 bridgehead atoms. The van der Waals surface area contributed by atoms with Crippen LogP contribution in [0.5, 0.6) is 0 Å². The smallest absolute Gasteiger partial charge is 0.407 e. The van der Waals surface area contributed by atoms with Gasteiger partial charge in [0, 0.05) is 31.6 Å². The van der Waals surface area contributed by atoms with Gasteiger partial charge >= 0.3 is 6.09 Å². The van der Waals surface area contributed by atoms with Gasteiger partial charge in [-0.3, -0.25) is 0 Å². The van der Waals surface area contributed by atoms with Crippen LogP contribution in [0.2, 0.25) is 0 Å². The molecule has 4 rings (SSSR count). The standard InChI is InChI=1S/C22H31BrN6O2S/c1-15-14-32-19(26-15)29-10-7-22(16(13-29)27-20(30)31-21(2,3)4)5-8-28(9-6-22)18-12-24-17(23)11-25-18/h11-12,14,16H,5-10,13H2,1-4H3,(H,27,30). The number of amides is 1. The van der Waals surface area contributed by atoms with Crippen molar-refractivity contribution in [2.24, 2.45) is 5.41 Å². The van der Waals surface area contributed by atoms with E-state index in [2.05, 4.69) is 51.4 Å². The van der Waals surface area contributed by atoms with Crippen molar-refractivity contribution in [3.63, 3.8) is 0 Å². The molecule has 0 aliphatic carbocycles. The largest absolute Gasteiger partial charge is 0.444 e. The van der Waals surface area contributed by atoms with Crippen LogP contribution in [0.4, 0.5) is 15.7 Å². The Morgan fingerprint density at radius 1 is 1.19 bits per heavy atom. The highest BCUT2D eigenvalue weighted by atomic mass is 79.9. The quantitative estimate of drug-likeness (QED) is 0.639. The molecule has 0 aromatic carbocycles. The van der Waals surface area contributed by atoms with E-state index in [9.17, 15) is 4.79 Å². The number of halogens is 1. The van der Waals surface area contributed by atoms with Gasteiger partial charge in [0.1, 0.15) is 16.0 Å². The number of ether oxygens (including phenoxy) is 1. The van der Waals surface area contributed by atoms with Gasteiger partial charge in [-0.1, -0.05) is 0 Å². The maximum atomic E-state index is 12.7. The maximum Gasteiger partial charge on any atom is 0.407 e. The van der Waals surface area contributed by atoms with Gasteiger partial charge < -0.3 is 19.9 Å². The van der Waals surface area contributed by atoms with Crippen LogP contribution in [-0.2, 0) is 4.74 Å². The van der Waals surface area contributed by atoms with Crippen molar-refractivity contribution in [1.82, 2.24) is 20.3 Å². The summed E-state index contributed by atoms with van der Waals surface area (Å²) >= 11 is 5.02. The minimum atomic E-state index is -0.526. The summed E-state index contributed by atoms with van der Waals surface area (Å²) < 4.78 is 6.34. The van der Waals surface area contributed by atoms with E-state index in [-0.39, 0.29) is 17.6 Å². The van der Waals surface area contributed by atoms with E-state index < -0.39 is 5.60 Å². The fourth-order valence-electron chi connectivity index (χ4n) is 4.59. The molecule has 8 nitrogen and oxygen atoms in total. The molecule has 2 fully saturated rings. The fraction of sp³-hybridized carbons (Fsp3) is 0.636. The van der Waals surface area contributed by atoms with Crippen molar-refractivity contribution in [3.05, 3.63) is 28.1 Å². The Balaban J connectivity index is 1.50. The number of alkyl carbamates (subject to hydrolysis) is 1. The van der Waals surface area contributed by atoms with E-state index in [0.717, 1.165) is 66.7 Å². The van der Waals surface area contributed by atoms with Crippen LogP contribution < -0.4 is 15.1 Å². The molecule has 2 aliphatic heterocycles. The molecule has 1 atom stereocenters. The number of carbonyl (C=O) groups excluding carboxylic acids is 1. The van der Waals surface area contributed by atoms with E-state index >= 15 is 0 Å². The molecule has 1 amide bonds. The van der Waals surface area contributed by atoms with Crippen LogP contribution >= 0.6 is 27.3 Å². The predicted molar refractivity (Wildman–Crippen MR) is 130 cm³/mol. The second-order valence-corrected chi connectivity index (χ2v) is 11.4. The summed E-state index contributed by atoms with van der Waals surface area (Å²) in [4.78, 5) is 30.8. The normalized spacial score (nSPS) is 21.0. The minimum absolute atomic E-state index is 0.00606. The zero-order valence-corrected chi connectivity index (χ0v) is 21.5. The van der Waals surface area contributed by atoms with Crippen molar-refractivity contribution in [2.45, 2.75) is 58.6 Å². The number of piperidine rings is 2. The molecule has 2 aromatic rings. The van der Waals surface area contributed by atoms with E-state index in [0.29, 0.717) is 0 Å². The third-order valence-electron chi connectivity index (χ3n) is 6.28. The van der Waals surface area contributed by atoms with Crippen LogP contribution in [0.1, 0.15) is 45.7 Å². The first-order chi connectivity index (χ1) is 15.1. The molecular formula is C22H31BrN6O2S. The van der Waals surface area contributed by atoms with Gasteiger partial charge in [0.2, 0.25) is 0 Å². The molecule has 2 aliphatic rings. The zero-order chi connectivity index (χ0) is 22.9. The lowest BCUT2D eigenvalue weighted by Crippen LogP contribution is -2.62. The number of hydrogen-bond acceptors (Lipinski definition) is 8. The highest BCUT2D eigenvalue weighted by molar-refractivity contribution is 9.10. The first-order valence-corrected chi connectivity index (χ1v) is 12.7. The van der Waals surface area contributed by atoms with Crippen LogP contribution in [0.3, 0.4) is 0 Å². The molecule has 174 valence electrons. The number of hydrogen-bond donors (Lipinski definition) is 1. The molecule has 0 saturated carbocycles. The summed E-state index contributed by atoms with van der Waals surface area (Å²) in [6, 6.07) is -0.00606. The van der Waals surface area contributed by atoms with Gasteiger partial charge in [-0.05, 0) is 68.3 Å². The average Bonchev–Trinajstić information content (AvgIpc) is 3.16. The van der Waals surface area contributed by atoms with Crippen molar-refractivity contribution < 1.29 is 9.53 Å². The van der Waals surface area contributed by atoms with Gasteiger partial charge in [0.15, 0.2) is 5.13 Å². The molecule has 32 heavy (non-hydrogen) atoms. The molecule has 2 saturated heterocycles. The molecule has 1 N–H and O–H groups in total. The van der Waals surface area contributed by atoms with Crippen LogP contribution in [0.25, 0.3) is 0 Å². The average molecular weight is 524 g/mol. The van der Waals surface area contributed by atoms with Crippen molar-refractivity contribution in [1.29, 1.82) is 0 Å². The van der Waals surface area contributed by atoms with Crippen LogP contribution in [0, 0.1) is 12.3 Å². The fourth-order valence-corrected chi connectivity index (χ4v) is 5.64. The summed E-state index contributed by atoms with van der Waals surface area (Å²) in [5.74, 6) is 0.899. The monoisotopic (exact) mass is 522 g/mol. The van der Waals surface area contributed by atoms with E-state index in [4.69, 9.17) is 4.74 Å². The second-order valence-electron chi connectivity index (χ2n) is 9.71. The molecule has 10 heteroatoms. The van der Waals surface area contributed by atoms with Gasteiger partial charge in [-0.15, -0.1) is 11.3 Å². The number of nitrogens with one attached hydrogen (secondary N) is 1. The van der Waals surface area contributed by atoms with Crippen LogP contribution in [0.15, 0.2) is 22.4 Å². The Bertz CT molecular complexity index is 937. The third-order valence-corrected chi connectivity index (χ3v) is 7.71. The number of anilines is 2. The van der Waals surface area contributed by atoms with E-state index in [1.807, 2.05) is 33.9 Å². The third kappa shape index (κ3) is 5.33. The number of carbonyl (C=O) groups is 1. The minimum Gasteiger partial charge on any atom is -0.444 e. The predicted octanol–water partition coefficient (Wildman–Crippen LogP) is 4.39. The summed E-state index contributed by atoms with van der Waals surface area (Å²) in [6.45, 7) is 11.2. The highest BCUT2D eigenvalue weighted by Gasteiger charge is 2.46. The van der Waals surface area contributed by atoms with Gasteiger partial charge in [0.05, 0.1) is 24.1 Å². The van der Waals surface area contributed by atoms with Crippen LogP contribution in [-0.4, -0.2) is 58.9 Å². The van der Waals surface area contributed by atoms with Gasteiger partial charge in [0.25, 0.3) is 0 Å². The Morgan fingerprint density at radius 3 is 2.44 bits per heavy atom. The molecule has 4 heterocycles. The SMILES string of the molecule is Cc1csc(N2CCC3(CCN(c4cnc(Br)cn4)CC3)C(NC(=O)OC(C)(C)C)C2)n1. The molecular weight excluding hydrogens is 492 g/mol. The van der Waals surface area contributed by atoms with Crippen molar-refractivity contribution in [2.75, 3.05) is 36.0 Å². The maximum absolute atomic E-state index is 12.7. The molecule has 1 unspecified atom stereocenters. The lowest BCUT2D eigenvalue weighted by Gasteiger charge is -2.51. The van der Waals surface area contributed by atoms with E-state index in [1.54, 1.807) is 17.5 Å². The zero-order valence-electron chi connectivity index (χ0n) is 19.1. The Kier molecular flexibility index (Phi) is 6.63. The topological polar surface area (TPSA) is 83.5 Å². The number of aromatic nitrogens is 3. The van der Waals surface area contributed by atoms with Gasteiger partial charge in [-0.2, -0.15) is 0 Å². The summed E-state index contributed by atoms with van der Waals surface area (Å²) in [6.07, 6.45) is 6.17.